The fraction of sp³-hybridized carbons (Fsp3) is 0.500. The molecule has 2 rings (SSSR count). The topological polar surface area (TPSA) is 89.5 Å². The van der Waals surface area contributed by atoms with Gasteiger partial charge in [-0.1, -0.05) is 6.92 Å². The van der Waals surface area contributed by atoms with Crippen molar-refractivity contribution < 1.29 is 9.72 Å². The minimum Gasteiger partial charge on any atom is -0.393 e. The highest BCUT2D eigenvalue weighted by Gasteiger charge is 2.33. The van der Waals surface area contributed by atoms with Gasteiger partial charge in [0.05, 0.1) is 4.92 Å². The third-order valence-corrected chi connectivity index (χ3v) is 3.96. The van der Waals surface area contributed by atoms with E-state index in [0.29, 0.717) is 5.56 Å². The maximum absolute atomic E-state index is 12.6. The van der Waals surface area contributed by atoms with Crippen LogP contribution >= 0.6 is 0 Å². The summed E-state index contributed by atoms with van der Waals surface area (Å²) in [4.78, 5) is 24.6. The van der Waals surface area contributed by atoms with Gasteiger partial charge >= 0.3 is 0 Å². The van der Waals surface area contributed by atoms with E-state index in [1.165, 1.54) is 18.2 Å². The number of nitro benzene ring substituents is 1. The first-order valence-electron chi connectivity index (χ1n) is 6.82. The molecule has 1 aromatic rings. The zero-order valence-corrected chi connectivity index (χ0v) is 11.7. The van der Waals surface area contributed by atoms with Gasteiger partial charge in [0.1, 0.15) is 5.69 Å². The summed E-state index contributed by atoms with van der Waals surface area (Å²) in [7, 11) is 0. The Hall–Kier alpha value is -2.11. The van der Waals surface area contributed by atoms with Gasteiger partial charge in [0, 0.05) is 23.7 Å². The van der Waals surface area contributed by atoms with Crippen molar-refractivity contribution in [1.82, 2.24) is 4.90 Å². The Labute approximate surface area is 117 Å². The summed E-state index contributed by atoms with van der Waals surface area (Å²) in [6.45, 7) is 4.09. The molecule has 2 N–H and O–H groups in total. The molecule has 1 aliphatic heterocycles. The number of nitrogen functional groups attached to an aromatic ring is 1. The number of likely N-dealkylation sites (tertiary alicyclic amines) is 1. The van der Waals surface area contributed by atoms with E-state index in [0.717, 1.165) is 19.3 Å². The molecule has 20 heavy (non-hydrogen) atoms. The van der Waals surface area contributed by atoms with Crippen molar-refractivity contribution in [1.29, 1.82) is 0 Å². The number of carbonyl (C=O) groups excluding carboxylic acids is 1. The van der Waals surface area contributed by atoms with Gasteiger partial charge < -0.3 is 10.6 Å². The lowest BCUT2D eigenvalue weighted by atomic mass is 10.1. The van der Waals surface area contributed by atoms with Crippen LogP contribution in [0.1, 0.15) is 43.5 Å². The SMILES string of the molecule is CCC1CCC(C)N1C(=O)c1ccc([N+](=O)[O-])c(N)c1. The zero-order chi connectivity index (χ0) is 14.9. The van der Waals surface area contributed by atoms with Crippen LogP contribution in [0.5, 0.6) is 0 Å². The summed E-state index contributed by atoms with van der Waals surface area (Å²) in [5, 5.41) is 10.7. The third kappa shape index (κ3) is 2.45. The van der Waals surface area contributed by atoms with Crippen LogP contribution in [0, 0.1) is 10.1 Å². The number of hydrogen-bond donors (Lipinski definition) is 1. The molecule has 108 valence electrons. The van der Waals surface area contributed by atoms with Gasteiger partial charge in [0.15, 0.2) is 0 Å². The van der Waals surface area contributed by atoms with E-state index in [-0.39, 0.29) is 29.4 Å². The van der Waals surface area contributed by atoms with Crippen LogP contribution in [0.15, 0.2) is 18.2 Å². The molecule has 2 atom stereocenters. The first-order valence-corrected chi connectivity index (χ1v) is 6.82. The molecule has 1 aliphatic rings. The number of nitro groups is 1. The Balaban J connectivity index is 2.29. The summed E-state index contributed by atoms with van der Waals surface area (Å²) < 4.78 is 0. The monoisotopic (exact) mass is 277 g/mol. The van der Waals surface area contributed by atoms with Crippen molar-refractivity contribution >= 4 is 17.3 Å². The first-order chi connectivity index (χ1) is 9.45. The molecule has 1 fully saturated rings. The fourth-order valence-electron chi connectivity index (χ4n) is 2.84. The lowest BCUT2D eigenvalue weighted by Crippen LogP contribution is -2.39. The van der Waals surface area contributed by atoms with Crippen LogP contribution in [0.4, 0.5) is 11.4 Å². The lowest BCUT2D eigenvalue weighted by Gasteiger charge is -2.28. The average molecular weight is 277 g/mol. The molecule has 0 radical (unpaired) electrons. The number of hydrogen-bond acceptors (Lipinski definition) is 4. The van der Waals surface area contributed by atoms with Gasteiger partial charge in [0.25, 0.3) is 11.6 Å². The Morgan fingerprint density at radius 2 is 2.20 bits per heavy atom. The normalized spacial score (nSPS) is 22.0. The van der Waals surface area contributed by atoms with Gasteiger partial charge in [-0.15, -0.1) is 0 Å². The van der Waals surface area contributed by atoms with Gasteiger partial charge in [-0.05, 0) is 38.3 Å². The third-order valence-electron chi connectivity index (χ3n) is 3.96. The molecular formula is C14H19N3O3. The van der Waals surface area contributed by atoms with Crippen LogP contribution in [-0.2, 0) is 0 Å². The van der Waals surface area contributed by atoms with Crippen LogP contribution in [0.25, 0.3) is 0 Å². The predicted molar refractivity (Wildman–Crippen MR) is 76.5 cm³/mol. The van der Waals surface area contributed by atoms with Gasteiger partial charge in [-0.2, -0.15) is 0 Å². The van der Waals surface area contributed by atoms with E-state index >= 15 is 0 Å². The summed E-state index contributed by atoms with van der Waals surface area (Å²) in [6, 6.07) is 4.62. The van der Waals surface area contributed by atoms with Crippen LogP contribution in [-0.4, -0.2) is 27.8 Å². The van der Waals surface area contributed by atoms with Crippen molar-refractivity contribution in [2.45, 2.75) is 45.2 Å². The average Bonchev–Trinajstić information content (AvgIpc) is 2.78. The smallest absolute Gasteiger partial charge is 0.292 e. The van der Waals surface area contributed by atoms with Crippen molar-refractivity contribution in [2.75, 3.05) is 5.73 Å². The maximum atomic E-state index is 12.6. The second-order valence-electron chi connectivity index (χ2n) is 5.23. The zero-order valence-electron chi connectivity index (χ0n) is 11.7. The minimum absolute atomic E-state index is 0.0285. The highest BCUT2D eigenvalue weighted by Crippen LogP contribution is 2.29. The minimum atomic E-state index is -0.545. The molecule has 0 aliphatic carbocycles. The van der Waals surface area contributed by atoms with E-state index in [1.807, 2.05) is 11.8 Å². The molecule has 1 saturated heterocycles. The summed E-state index contributed by atoms with van der Waals surface area (Å²) in [5.74, 6) is -0.0940. The van der Waals surface area contributed by atoms with Crippen molar-refractivity contribution in [3.8, 4) is 0 Å². The molecule has 0 spiro atoms. The number of benzene rings is 1. The van der Waals surface area contributed by atoms with Crippen molar-refractivity contribution in [3.63, 3.8) is 0 Å². The van der Waals surface area contributed by atoms with Gasteiger partial charge in [-0.3, -0.25) is 14.9 Å². The van der Waals surface area contributed by atoms with E-state index in [4.69, 9.17) is 5.73 Å². The standard InChI is InChI=1S/C14H19N3O3/c1-3-11-6-4-9(2)16(11)14(18)10-5-7-13(17(19)20)12(15)8-10/h5,7-9,11H,3-4,6,15H2,1-2H3. The molecule has 6 heteroatoms. The first kappa shape index (κ1) is 14.3. The number of carbonyl (C=O) groups is 1. The maximum Gasteiger partial charge on any atom is 0.292 e. The Morgan fingerprint density at radius 3 is 2.75 bits per heavy atom. The van der Waals surface area contributed by atoms with Crippen molar-refractivity contribution in [3.05, 3.63) is 33.9 Å². The van der Waals surface area contributed by atoms with E-state index in [2.05, 4.69) is 6.92 Å². The number of nitrogens with zero attached hydrogens (tertiary/aromatic N) is 2. The van der Waals surface area contributed by atoms with E-state index in [9.17, 15) is 14.9 Å². The predicted octanol–water partition coefficient (Wildman–Crippen LogP) is 2.58. The highest BCUT2D eigenvalue weighted by atomic mass is 16.6. The summed E-state index contributed by atoms with van der Waals surface area (Å²) >= 11 is 0. The number of anilines is 1. The second kappa shape index (κ2) is 5.48. The molecular weight excluding hydrogens is 258 g/mol. The molecule has 0 saturated carbocycles. The Kier molecular flexibility index (Phi) is 3.92. The van der Waals surface area contributed by atoms with E-state index < -0.39 is 4.92 Å². The molecule has 1 amide bonds. The number of amides is 1. The molecule has 6 nitrogen and oxygen atoms in total. The second-order valence-corrected chi connectivity index (χ2v) is 5.23. The van der Waals surface area contributed by atoms with E-state index in [1.54, 1.807) is 0 Å². The Bertz CT molecular complexity index is 544. The molecule has 0 aromatic heterocycles. The molecule has 1 heterocycles. The van der Waals surface area contributed by atoms with Crippen LogP contribution < -0.4 is 5.73 Å². The summed E-state index contributed by atoms with van der Waals surface area (Å²) in [5.41, 5.74) is 5.93. The van der Waals surface area contributed by atoms with Gasteiger partial charge in [-0.25, -0.2) is 0 Å². The lowest BCUT2D eigenvalue weighted by molar-refractivity contribution is -0.383. The molecule has 0 bridgehead atoms. The van der Waals surface area contributed by atoms with Crippen LogP contribution in [0.2, 0.25) is 0 Å². The Morgan fingerprint density at radius 1 is 1.50 bits per heavy atom. The quantitative estimate of drug-likeness (QED) is 0.522. The summed E-state index contributed by atoms with van der Waals surface area (Å²) in [6.07, 6.45) is 2.91. The largest absolute Gasteiger partial charge is 0.393 e. The number of rotatable bonds is 3. The fourth-order valence-corrected chi connectivity index (χ4v) is 2.84. The number of nitrogens with two attached hydrogens (primary N) is 1. The van der Waals surface area contributed by atoms with Crippen LogP contribution in [0.3, 0.4) is 0 Å². The molecule has 2 unspecified atom stereocenters. The highest BCUT2D eigenvalue weighted by molar-refractivity contribution is 5.96. The van der Waals surface area contributed by atoms with Crippen molar-refractivity contribution in [2.24, 2.45) is 0 Å². The van der Waals surface area contributed by atoms with Gasteiger partial charge in [0.2, 0.25) is 0 Å². The molecule has 1 aromatic carbocycles.